The lowest BCUT2D eigenvalue weighted by atomic mass is 10.1. The molecule has 0 heterocycles. The molecule has 6 N–H and O–H groups in total. The van der Waals surface area contributed by atoms with Crippen LogP contribution in [-0.2, 0) is 4.79 Å². The molecule has 1 atom stereocenters. The van der Waals surface area contributed by atoms with Gasteiger partial charge in [-0.25, -0.2) is 0 Å². The Morgan fingerprint density at radius 2 is 2.15 bits per heavy atom. The van der Waals surface area contributed by atoms with Gasteiger partial charge in [-0.05, 0) is 26.8 Å². The average Bonchev–Trinajstić information content (AvgIpc) is 2.03. The normalized spacial score (nSPS) is 12.2. The molecule has 0 aliphatic rings. The van der Waals surface area contributed by atoms with Gasteiger partial charge in [0.2, 0.25) is 0 Å². The summed E-state index contributed by atoms with van der Waals surface area (Å²) in [5, 5.41) is 2.94. The van der Waals surface area contributed by atoms with Crippen LogP contribution in [0.1, 0.15) is 19.8 Å². The summed E-state index contributed by atoms with van der Waals surface area (Å²) in [7, 11) is 1.78. The maximum Gasteiger partial charge on any atom is 0.338 e. The van der Waals surface area contributed by atoms with Crippen molar-refractivity contribution in [3.05, 3.63) is 0 Å². The van der Waals surface area contributed by atoms with E-state index in [1.165, 1.54) is 0 Å². The fourth-order valence-corrected chi connectivity index (χ4v) is 1.09. The molecule has 0 rings (SSSR count). The molecule has 0 aromatic carbocycles. The second kappa shape index (κ2) is 6.42. The van der Waals surface area contributed by atoms with Crippen LogP contribution in [0.5, 0.6) is 0 Å². The Labute approximate surface area is 78.6 Å². The predicted octanol–water partition coefficient (Wildman–Crippen LogP) is -2.70. The van der Waals surface area contributed by atoms with E-state index in [0.29, 0.717) is 6.54 Å². The molecule has 0 aliphatic carbocycles. The third kappa shape index (κ3) is 6.10. The highest BCUT2D eigenvalue weighted by Gasteiger charge is 2.09. The lowest BCUT2D eigenvalue weighted by Crippen LogP contribution is -2.78. The van der Waals surface area contributed by atoms with Crippen molar-refractivity contribution in [2.24, 2.45) is 11.5 Å². The fourth-order valence-electron chi connectivity index (χ4n) is 1.09. The van der Waals surface area contributed by atoms with Crippen LogP contribution in [0.15, 0.2) is 0 Å². The van der Waals surface area contributed by atoms with E-state index in [9.17, 15) is 4.79 Å². The van der Waals surface area contributed by atoms with Gasteiger partial charge in [0.25, 0.3) is 0 Å². The van der Waals surface area contributed by atoms with Gasteiger partial charge < -0.3 is 5.32 Å². The molecule has 0 saturated carbocycles. The van der Waals surface area contributed by atoms with Crippen molar-refractivity contribution in [1.29, 1.82) is 0 Å². The van der Waals surface area contributed by atoms with Gasteiger partial charge in [-0.3, -0.25) is 21.3 Å². The van der Waals surface area contributed by atoms with Crippen molar-refractivity contribution >= 4 is 11.7 Å². The first kappa shape index (κ1) is 11.9. The molecule has 0 aromatic rings. The molecule has 76 valence electrons. The number of carbonyl (C=O) groups excluding carboxylic acids is 1. The molecule has 5 heteroatoms. The number of rotatable bonds is 6. The van der Waals surface area contributed by atoms with Crippen molar-refractivity contribution in [2.45, 2.75) is 25.8 Å². The summed E-state index contributed by atoms with van der Waals surface area (Å²) in [4.78, 5) is 13.8. The Morgan fingerprint density at radius 3 is 2.54 bits per heavy atom. The maximum atomic E-state index is 11.0. The van der Waals surface area contributed by atoms with Gasteiger partial charge in [-0.15, -0.1) is 0 Å². The molecule has 13 heavy (non-hydrogen) atoms. The van der Waals surface area contributed by atoms with Gasteiger partial charge in [0.05, 0.1) is 12.6 Å². The minimum absolute atomic E-state index is 0.0548. The number of likely N-dealkylation sites (N-methyl/N-ethyl adjacent to an activating group) is 1. The number of hydrogen-bond donors (Lipinski definition) is 4. The first-order valence-corrected chi connectivity index (χ1v) is 4.37. The summed E-state index contributed by atoms with van der Waals surface area (Å²) >= 11 is 0. The zero-order chi connectivity index (χ0) is 10.3. The topological polar surface area (TPSA) is 95.1 Å². The molecule has 1 unspecified atom stereocenters. The summed E-state index contributed by atoms with van der Waals surface area (Å²) in [6.07, 6.45) is 1.66. The van der Waals surface area contributed by atoms with Gasteiger partial charge in [0.1, 0.15) is 5.78 Å². The zero-order valence-electron chi connectivity index (χ0n) is 8.26. The Morgan fingerprint density at radius 1 is 1.54 bits per heavy atom. The molecule has 0 bridgehead atoms. The molecule has 0 saturated heterocycles. The Kier molecular flexibility index (Phi) is 5.88. The summed E-state index contributed by atoms with van der Waals surface area (Å²) in [5.41, 5.74) is 10.4. The van der Waals surface area contributed by atoms with E-state index in [-0.39, 0.29) is 17.8 Å². The lowest BCUT2D eigenvalue weighted by molar-refractivity contribution is -0.459. The average molecular weight is 187 g/mol. The Balaban J connectivity index is 3.62. The summed E-state index contributed by atoms with van der Waals surface area (Å²) in [5.74, 6) is 0.385. The lowest BCUT2D eigenvalue weighted by Gasteiger charge is -2.10. The maximum absolute atomic E-state index is 11.0. The van der Waals surface area contributed by atoms with Gasteiger partial charge in [-0.2, -0.15) is 0 Å². The quantitative estimate of drug-likeness (QED) is 0.207. The molecule has 0 radical (unpaired) electrons. The highest BCUT2D eigenvalue weighted by molar-refractivity contribution is 5.81. The largest absolute Gasteiger partial charge is 0.338 e. The van der Waals surface area contributed by atoms with Crippen LogP contribution >= 0.6 is 0 Å². The minimum Gasteiger partial charge on any atom is -0.311 e. The molecule has 0 amide bonds. The van der Waals surface area contributed by atoms with Crippen molar-refractivity contribution in [3.8, 4) is 0 Å². The summed E-state index contributed by atoms with van der Waals surface area (Å²) in [6, 6.07) is -0.0548. The highest BCUT2D eigenvalue weighted by Crippen LogP contribution is 1.95. The Bertz CT molecular complexity index is 187. The zero-order valence-corrected chi connectivity index (χ0v) is 8.26. The van der Waals surface area contributed by atoms with Crippen molar-refractivity contribution in [3.63, 3.8) is 0 Å². The van der Waals surface area contributed by atoms with E-state index in [0.717, 1.165) is 12.8 Å². The minimum atomic E-state index is -0.0548. The molecule has 0 aliphatic heterocycles. The fraction of sp³-hybridized carbons (Fsp3) is 0.750. The molecule has 0 aromatic heterocycles. The van der Waals surface area contributed by atoms with Crippen LogP contribution in [0.2, 0.25) is 0 Å². The Hall–Kier alpha value is -1.10. The molecular formula is C8H19N4O+. The standard InChI is InChI=1S/C8H18N4O/c1-6(13)7(11-2)4-3-5-12-8(9)10/h7,11H,3-5H2,1-2H3,(H4,9,10,12)/p+1. The number of carbonyl (C=O) groups is 1. The van der Waals surface area contributed by atoms with E-state index in [2.05, 4.69) is 10.3 Å². The number of Topliss-reactive ketones (excluding diaryl/α,β-unsaturated/α-hetero) is 1. The number of hydrogen-bond acceptors (Lipinski definition) is 2. The third-order valence-corrected chi connectivity index (χ3v) is 1.84. The van der Waals surface area contributed by atoms with Gasteiger partial charge in [0.15, 0.2) is 0 Å². The van der Waals surface area contributed by atoms with Crippen molar-refractivity contribution in [1.82, 2.24) is 5.32 Å². The van der Waals surface area contributed by atoms with Crippen LogP contribution in [0.25, 0.3) is 0 Å². The number of nitrogens with one attached hydrogen (secondary N) is 2. The summed E-state index contributed by atoms with van der Waals surface area (Å²) < 4.78 is 0. The van der Waals surface area contributed by atoms with E-state index in [1.54, 1.807) is 14.0 Å². The predicted molar refractivity (Wildman–Crippen MR) is 52.0 cm³/mol. The van der Waals surface area contributed by atoms with Crippen LogP contribution in [0.4, 0.5) is 0 Å². The highest BCUT2D eigenvalue weighted by atomic mass is 16.1. The molecule has 0 fully saturated rings. The van der Waals surface area contributed by atoms with E-state index in [1.807, 2.05) is 0 Å². The first-order chi connectivity index (χ1) is 6.07. The van der Waals surface area contributed by atoms with E-state index in [4.69, 9.17) is 11.5 Å². The van der Waals surface area contributed by atoms with E-state index >= 15 is 0 Å². The van der Waals surface area contributed by atoms with Crippen LogP contribution in [0, 0.1) is 0 Å². The van der Waals surface area contributed by atoms with Crippen LogP contribution in [0.3, 0.4) is 0 Å². The number of nitrogens with two attached hydrogens (primary N) is 2. The molecule has 0 spiro atoms. The second-order valence-electron chi connectivity index (χ2n) is 2.98. The monoisotopic (exact) mass is 187 g/mol. The van der Waals surface area contributed by atoms with E-state index < -0.39 is 0 Å². The smallest absolute Gasteiger partial charge is 0.311 e. The number of guanidine groups is 1. The van der Waals surface area contributed by atoms with Crippen LogP contribution < -0.4 is 21.8 Å². The second-order valence-corrected chi connectivity index (χ2v) is 2.98. The molecular weight excluding hydrogens is 168 g/mol. The van der Waals surface area contributed by atoms with Crippen LogP contribution in [-0.4, -0.2) is 31.4 Å². The summed E-state index contributed by atoms with van der Waals surface area (Å²) in [6.45, 7) is 2.28. The van der Waals surface area contributed by atoms with Crippen molar-refractivity contribution in [2.75, 3.05) is 13.6 Å². The third-order valence-electron chi connectivity index (χ3n) is 1.84. The molecule has 5 nitrogen and oxygen atoms in total. The van der Waals surface area contributed by atoms with Gasteiger partial charge in [0, 0.05) is 0 Å². The van der Waals surface area contributed by atoms with Gasteiger partial charge >= 0.3 is 5.96 Å². The first-order valence-electron chi connectivity index (χ1n) is 4.37. The van der Waals surface area contributed by atoms with Crippen molar-refractivity contribution < 1.29 is 9.79 Å². The number of ketones is 1. The van der Waals surface area contributed by atoms with Gasteiger partial charge in [-0.1, -0.05) is 0 Å². The SMILES string of the molecule is CNC(CCC[NH+]=C(N)N)C(C)=O.